The molecule has 0 aliphatic rings. The van der Waals surface area contributed by atoms with Gasteiger partial charge < -0.3 is 10.2 Å². The van der Waals surface area contributed by atoms with Gasteiger partial charge in [0.05, 0.1) is 5.75 Å². The zero-order valence-corrected chi connectivity index (χ0v) is 19.3. The lowest BCUT2D eigenvalue weighted by Crippen LogP contribution is -2.48. The molecule has 0 aromatic heterocycles. The van der Waals surface area contributed by atoms with Crippen molar-refractivity contribution in [1.29, 1.82) is 0 Å². The number of nitrogens with zero attached hydrogens (tertiary/aromatic N) is 1. The minimum absolute atomic E-state index is 0.150. The molecule has 8 heteroatoms. The van der Waals surface area contributed by atoms with Gasteiger partial charge >= 0.3 is 0 Å². The van der Waals surface area contributed by atoms with E-state index in [0.29, 0.717) is 32.8 Å². The average molecular weight is 474 g/mol. The molecule has 1 N–H and O–H groups in total. The van der Waals surface area contributed by atoms with Gasteiger partial charge in [0.15, 0.2) is 0 Å². The van der Waals surface area contributed by atoms with Crippen molar-refractivity contribution in [3.8, 4) is 0 Å². The maximum absolute atomic E-state index is 13.1. The molecule has 0 saturated heterocycles. The summed E-state index contributed by atoms with van der Waals surface area (Å²) in [5.41, 5.74) is 1.67. The van der Waals surface area contributed by atoms with Crippen molar-refractivity contribution in [2.45, 2.75) is 31.7 Å². The molecule has 0 radical (unpaired) electrons. The van der Waals surface area contributed by atoms with Gasteiger partial charge in [-0.1, -0.05) is 59.9 Å². The molecule has 2 aromatic carbocycles. The van der Waals surface area contributed by atoms with Crippen LogP contribution in [0.2, 0.25) is 15.1 Å². The predicted octanol–water partition coefficient (Wildman–Crippen LogP) is 5.43. The number of hydrogen-bond donors (Lipinski definition) is 1. The second-order valence-corrected chi connectivity index (χ2v) is 8.62. The van der Waals surface area contributed by atoms with Crippen LogP contribution in [0.25, 0.3) is 0 Å². The minimum atomic E-state index is -0.605. The highest BCUT2D eigenvalue weighted by Crippen LogP contribution is 2.27. The molecule has 29 heavy (non-hydrogen) atoms. The molecule has 0 aliphatic carbocycles. The zero-order chi connectivity index (χ0) is 21.4. The molecule has 0 bridgehead atoms. The molecule has 0 heterocycles. The van der Waals surface area contributed by atoms with E-state index in [1.807, 2.05) is 31.2 Å². The highest BCUT2D eigenvalue weighted by Gasteiger charge is 2.29. The van der Waals surface area contributed by atoms with Crippen molar-refractivity contribution in [3.63, 3.8) is 0 Å². The van der Waals surface area contributed by atoms with Gasteiger partial charge in [-0.2, -0.15) is 0 Å². The third-order valence-corrected chi connectivity index (χ3v) is 6.34. The Labute approximate surface area is 190 Å². The fourth-order valence-corrected chi connectivity index (χ4v) is 4.49. The Morgan fingerprint density at radius 2 is 1.76 bits per heavy atom. The number of thioether (sulfide) groups is 1. The molecule has 2 aromatic rings. The van der Waals surface area contributed by atoms with E-state index in [0.717, 1.165) is 5.56 Å². The molecule has 1 atom stereocenters. The summed E-state index contributed by atoms with van der Waals surface area (Å²) < 4.78 is 0. The van der Waals surface area contributed by atoms with Crippen LogP contribution in [0.5, 0.6) is 0 Å². The first-order valence-corrected chi connectivity index (χ1v) is 11.4. The summed E-state index contributed by atoms with van der Waals surface area (Å²) >= 11 is 20.1. The summed E-state index contributed by atoms with van der Waals surface area (Å²) in [4.78, 5) is 27.0. The SMILES string of the molecule is CC[C@H](C(=O)NC)N(Cc1c(Cl)cccc1Cl)C(=O)CSCc1cccc(Cl)c1. The van der Waals surface area contributed by atoms with Gasteiger partial charge in [0.1, 0.15) is 6.04 Å². The second kappa shape index (κ2) is 11.7. The van der Waals surface area contributed by atoms with E-state index < -0.39 is 6.04 Å². The smallest absolute Gasteiger partial charge is 0.242 e. The van der Waals surface area contributed by atoms with Gasteiger partial charge in [0.25, 0.3) is 0 Å². The van der Waals surface area contributed by atoms with Gasteiger partial charge in [-0.15, -0.1) is 11.8 Å². The van der Waals surface area contributed by atoms with Gasteiger partial charge in [0.2, 0.25) is 11.8 Å². The van der Waals surface area contributed by atoms with Crippen LogP contribution in [-0.4, -0.2) is 35.6 Å². The molecule has 2 amide bonds. The molecule has 0 fully saturated rings. The first-order valence-electron chi connectivity index (χ1n) is 9.13. The van der Waals surface area contributed by atoms with Crippen molar-refractivity contribution in [2.75, 3.05) is 12.8 Å². The van der Waals surface area contributed by atoms with Crippen molar-refractivity contribution in [1.82, 2.24) is 10.2 Å². The third-order valence-electron chi connectivity index (χ3n) is 4.41. The maximum atomic E-state index is 13.1. The first-order chi connectivity index (χ1) is 13.9. The van der Waals surface area contributed by atoms with Gasteiger partial charge in [0, 0.05) is 40.0 Å². The Morgan fingerprint density at radius 1 is 1.10 bits per heavy atom. The van der Waals surface area contributed by atoms with E-state index in [4.69, 9.17) is 34.8 Å². The number of benzene rings is 2. The van der Waals surface area contributed by atoms with Gasteiger partial charge in [-0.05, 0) is 36.2 Å². The summed E-state index contributed by atoms with van der Waals surface area (Å²) in [6, 6.07) is 12.1. The van der Waals surface area contributed by atoms with Crippen LogP contribution in [0.4, 0.5) is 0 Å². The zero-order valence-electron chi connectivity index (χ0n) is 16.3. The van der Waals surface area contributed by atoms with E-state index in [1.165, 1.54) is 11.8 Å². The molecule has 0 saturated carbocycles. The molecule has 0 aliphatic heterocycles. The lowest BCUT2D eigenvalue weighted by atomic mass is 10.1. The van der Waals surface area contributed by atoms with E-state index in [2.05, 4.69) is 5.32 Å². The third kappa shape index (κ3) is 6.82. The van der Waals surface area contributed by atoms with Crippen molar-refractivity contribution < 1.29 is 9.59 Å². The van der Waals surface area contributed by atoms with Crippen LogP contribution in [0.15, 0.2) is 42.5 Å². The van der Waals surface area contributed by atoms with Crippen LogP contribution in [0, 0.1) is 0 Å². The number of carbonyl (C=O) groups is 2. The Kier molecular flexibility index (Phi) is 9.63. The molecule has 0 spiro atoms. The number of amides is 2. The summed E-state index contributed by atoms with van der Waals surface area (Å²) in [7, 11) is 1.56. The fraction of sp³-hybridized carbons (Fsp3) is 0.333. The first kappa shape index (κ1) is 23.9. The average Bonchev–Trinajstić information content (AvgIpc) is 2.69. The van der Waals surface area contributed by atoms with Gasteiger partial charge in [-0.3, -0.25) is 9.59 Å². The minimum Gasteiger partial charge on any atom is -0.357 e. The number of rotatable bonds is 9. The van der Waals surface area contributed by atoms with Crippen LogP contribution in [-0.2, 0) is 21.9 Å². The summed E-state index contributed by atoms with van der Waals surface area (Å²) in [5.74, 6) is 0.499. The van der Waals surface area contributed by atoms with Crippen molar-refractivity contribution in [3.05, 3.63) is 68.7 Å². The van der Waals surface area contributed by atoms with Crippen LogP contribution in [0.1, 0.15) is 24.5 Å². The Balaban J connectivity index is 2.17. The standard InChI is InChI=1S/C21H23Cl3N2O2S/c1-3-19(21(28)25-2)26(11-16-17(23)8-5-9-18(16)24)20(27)13-29-12-14-6-4-7-15(22)10-14/h4-10,19H,3,11-13H2,1-2H3,(H,25,28)/t19-/m1/s1. The lowest BCUT2D eigenvalue weighted by molar-refractivity contribution is -0.139. The molecule has 0 unspecified atom stereocenters. The van der Waals surface area contributed by atoms with E-state index in [1.54, 1.807) is 30.1 Å². The Bertz CT molecular complexity index is 843. The Morgan fingerprint density at radius 3 is 2.34 bits per heavy atom. The van der Waals surface area contributed by atoms with Crippen LogP contribution in [0.3, 0.4) is 0 Å². The van der Waals surface area contributed by atoms with Crippen molar-refractivity contribution in [2.24, 2.45) is 0 Å². The quantitative estimate of drug-likeness (QED) is 0.528. The molecule has 4 nitrogen and oxygen atoms in total. The lowest BCUT2D eigenvalue weighted by Gasteiger charge is -2.30. The largest absolute Gasteiger partial charge is 0.357 e. The number of likely N-dealkylation sites (N-methyl/N-ethyl adjacent to an activating group) is 1. The van der Waals surface area contributed by atoms with Crippen LogP contribution >= 0.6 is 46.6 Å². The molecule has 2 rings (SSSR count). The summed E-state index contributed by atoms with van der Waals surface area (Å²) in [6.45, 7) is 2.04. The Hall–Kier alpha value is -1.40. The summed E-state index contributed by atoms with van der Waals surface area (Å²) in [5, 5.41) is 4.23. The fourth-order valence-electron chi connectivity index (χ4n) is 2.91. The monoisotopic (exact) mass is 472 g/mol. The summed E-state index contributed by atoms with van der Waals surface area (Å²) in [6.07, 6.45) is 0.479. The van der Waals surface area contributed by atoms with Crippen molar-refractivity contribution >= 4 is 58.4 Å². The molecular formula is C21H23Cl3N2O2S. The second-order valence-electron chi connectivity index (χ2n) is 6.38. The number of hydrogen-bond acceptors (Lipinski definition) is 3. The maximum Gasteiger partial charge on any atom is 0.242 e. The van der Waals surface area contributed by atoms with Gasteiger partial charge in [-0.25, -0.2) is 0 Å². The molecule has 156 valence electrons. The van der Waals surface area contributed by atoms with E-state index >= 15 is 0 Å². The number of nitrogens with one attached hydrogen (secondary N) is 1. The number of carbonyl (C=O) groups excluding carboxylic acids is 2. The number of halogens is 3. The normalized spacial score (nSPS) is 11.8. The highest BCUT2D eigenvalue weighted by atomic mass is 35.5. The molecular weight excluding hydrogens is 451 g/mol. The van der Waals surface area contributed by atoms with E-state index in [9.17, 15) is 9.59 Å². The van der Waals surface area contributed by atoms with E-state index in [-0.39, 0.29) is 24.1 Å². The highest BCUT2D eigenvalue weighted by molar-refractivity contribution is 7.99. The topological polar surface area (TPSA) is 49.4 Å². The van der Waals surface area contributed by atoms with Crippen LogP contribution < -0.4 is 5.32 Å². The predicted molar refractivity (Wildman–Crippen MR) is 123 cm³/mol.